The number of aliphatic hydroxyl groups excluding tert-OH is 1. The summed E-state index contributed by atoms with van der Waals surface area (Å²) >= 11 is 0. The Hall–Kier alpha value is -1.67. The van der Waals surface area contributed by atoms with Crippen LogP contribution in [-0.2, 0) is 0 Å². The third-order valence-corrected chi connectivity index (χ3v) is 2.17. The Kier molecular flexibility index (Phi) is 5.89. The molecule has 0 radical (unpaired) electrons. The average molecular weight is 220 g/mol. The zero-order valence-electron chi connectivity index (χ0n) is 9.19. The SMILES string of the molecule is N#Cc1ccc(NCCCCCCO)nn1. The zero-order valence-corrected chi connectivity index (χ0v) is 9.19. The van der Waals surface area contributed by atoms with Gasteiger partial charge in [0.15, 0.2) is 5.69 Å². The van der Waals surface area contributed by atoms with Gasteiger partial charge < -0.3 is 10.4 Å². The molecule has 5 nitrogen and oxygen atoms in total. The van der Waals surface area contributed by atoms with Crippen molar-refractivity contribution in [2.45, 2.75) is 25.7 Å². The lowest BCUT2D eigenvalue weighted by Crippen LogP contribution is -2.04. The molecule has 16 heavy (non-hydrogen) atoms. The summed E-state index contributed by atoms with van der Waals surface area (Å²) < 4.78 is 0. The Balaban J connectivity index is 2.15. The molecule has 1 heterocycles. The number of hydrogen-bond acceptors (Lipinski definition) is 5. The minimum Gasteiger partial charge on any atom is -0.396 e. The van der Waals surface area contributed by atoms with Crippen molar-refractivity contribution in [3.63, 3.8) is 0 Å². The van der Waals surface area contributed by atoms with Crippen LogP contribution in [0.2, 0.25) is 0 Å². The number of unbranched alkanes of at least 4 members (excludes halogenated alkanes) is 3. The van der Waals surface area contributed by atoms with Crippen molar-refractivity contribution in [2.75, 3.05) is 18.5 Å². The van der Waals surface area contributed by atoms with Crippen LogP contribution in [0, 0.1) is 11.3 Å². The van der Waals surface area contributed by atoms with Crippen molar-refractivity contribution >= 4 is 5.82 Å². The van der Waals surface area contributed by atoms with E-state index < -0.39 is 0 Å². The molecule has 0 spiro atoms. The molecule has 1 rings (SSSR count). The van der Waals surface area contributed by atoms with Crippen LogP contribution in [0.5, 0.6) is 0 Å². The molecular weight excluding hydrogens is 204 g/mol. The molecule has 2 N–H and O–H groups in total. The number of rotatable bonds is 7. The highest BCUT2D eigenvalue weighted by atomic mass is 16.2. The van der Waals surface area contributed by atoms with Crippen molar-refractivity contribution in [3.05, 3.63) is 17.8 Å². The lowest BCUT2D eigenvalue weighted by atomic mass is 10.2. The van der Waals surface area contributed by atoms with E-state index in [1.165, 1.54) is 0 Å². The van der Waals surface area contributed by atoms with E-state index in [2.05, 4.69) is 15.5 Å². The van der Waals surface area contributed by atoms with Gasteiger partial charge in [-0.25, -0.2) is 0 Å². The molecule has 1 aromatic rings. The molecule has 0 aliphatic carbocycles. The smallest absolute Gasteiger partial charge is 0.163 e. The Morgan fingerprint density at radius 1 is 1.19 bits per heavy atom. The second kappa shape index (κ2) is 7.60. The molecule has 0 bridgehead atoms. The van der Waals surface area contributed by atoms with Crippen LogP contribution in [0.3, 0.4) is 0 Å². The summed E-state index contributed by atoms with van der Waals surface area (Å²) in [5.41, 5.74) is 0.327. The van der Waals surface area contributed by atoms with Gasteiger partial charge >= 0.3 is 0 Å². The van der Waals surface area contributed by atoms with Crippen molar-refractivity contribution < 1.29 is 5.11 Å². The van der Waals surface area contributed by atoms with E-state index >= 15 is 0 Å². The maximum atomic E-state index is 8.59. The number of aromatic nitrogens is 2. The number of anilines is 1. The summed E-state index contributed by atoms with van der Waals surface area (Å²) in [6.07, 6.45) is 4.06. The van der Waals surface area contributed by atoms with Crippen molar-refractivity contribution in [1.82, 2.24) is 10.2 Å². The molecule has 0 unspecified atom stereocenters. The first kappa shape index (κ1) is 12.4. The van der Waals surface area contributed by atoms with Gasteiger partial charge in [-0.15, -0.1) is 10.2 Å². The lowest BCUT2D eigenvalue weighted by molar-refractivity contribution is 0.283. The number of nitrogens with zero attached hydrogens (tertiary/aromatic N) is 3. The molecule has 0 aliphatic heterocycles. The Morgan fingerprint density at radius 3 is 2.62 bits per heavy atom. The summed E-state index contributed by atoms with van der Waals surface area (Å²) in [6, 6.07) is 5.31. The van der Waals surface area contributed by atoms with Gasteiger partial charge in [0.1, 0.15) is 11.9 Å². The van der Waals surface area contributed by atoms with E-state index in [1.807, 2.05) is 6.07 Å². The van der Waals surface area contributed by atoms with E-state index in [9.17, 15) is 0 Å². The predicted molar refractivity (Wildman–Crippen MR) is 60.8 cm³/mol. The third kappa shape index (κ3) is 4.71. The molecule has 86 valence electrons. The summed E-state index contributed by atoms with van der Waals surface area (Å²) in [5.74, 6) is 0.696. The summed E-state index contributed by atoms with van der Waals surface area (Å²) in [6.45, 7) is 1.11. The molecule has 0 aliphatic rings. The Bertz CT molecular complexity index is 331. The predicted octanol–water partition coefficient (Wildman–Crippen LogP) is 1.31. The second-order valence-electron chi connectivity index (χ2n) is 3.48. The average Bonchev–Trinajstić information content (AvgIpc) is 2.34. The molecule has 0 aromatic carbocycles. The fourth-order valence-electron chi connectivity index (χ4n) is 1.29. The first-order chi connectivity index (χ1) is 7.86. The molecule has 0 amide bonds. The summed E-state index contributed by atoms with van der Waals surface area (Å²) in [4.78, 5) is 0. The van der Waals surface area contributed by atoms with Gasteiger partial charge in [0, 0.05) is 13.2 Å². The van der Waals surface area contributed by atoms with E-state index in [4.69, 9.17) is 10.4 Å². The van der Waals surface area contributed by atoms with Crippen molar-refractivity contribution in [3.8, 4) is 6.07 Å². The van der Waals surface area contributed by atoms with Crippen LogP contribution in [-0.4, -0.2) is 28.5 Å². The highest BCUT2D eigenvalue weighted by molar-refractivity contribution is 5.34. The molecule has 0 saturated carbocycles. The molecule has 1 aromatic heterocycles. The van der Waals surface area contributed by atoms with Gasteiger partial charge in [0.05, 0.1) is 0 Å². The van der Waals surface area contributed by atoms with Crippen LogP contribution < -0.4 is 5.32 Å². The quantitative estimate of drug-likeness (QED) is 0.677. The molecule has 0 atom stereocenters. The van der Waals surface area contributed by atoms with E-state index in [0.29, 0.717) is 11.5 Å². The van der Waals surface area contributed by atoms with Crippen LogP contribution in [0.4, 0.5) is 5.82 Å². The van der Waals surface area contributed by atoms with Crippen LogP contribution >= 0.6 is 0 Å². The molecule has 0 fully saturated rings. The maximum Gasteiger partial charge on any atom is 0.163 e. The molecule has 0 saturated heterocycles. The van der Waals surface area contributed by atoms with E-state index in [-0.39, 0.29) is 6.61 Å². The van der Waals surface area contributed by atoms with Gasteiger partial charge in [0.25, 0.3) is 0 Å². The normalized spacial score (nSPS) is 9.75. The van der Waals surface area contributed by atoms with Crippen molar-refractivity contribution in [2.24, 2.45) is 0 Å². The van der Waals surface area contributed by atoms with Gasteiger partial charge in [-0.2, -0.15) is 5.26 Å². The monoisotopic (exact) mass is 220 g/mol. The van der Waals surface area contributed by atoms with Crippen LogP contribution in [0.15, 0.2) is 12.1 Å². The van der Waals surface area contributed by atoms with Gasteiger partial charge in [0.2, 0.25) is 0 Å². The lowest BCUT2D eigenvalue weighted by Gasteiger charge is -2.03. The van der Waals surface area contributed by atoms with Gasteiger partial charge in [-0.05, 0) is 25.0 Å². The van der Waals surface area contributed by atoms with Crippen LogP contribution in [0.25, 0.3) is 0 Å². The second-order valence-corrected chi connectivity index (χ2v) is 3.48. The number of nitriles is 1. The van der Waals surface area contributed by atoms with E-state index in [1.54, 1.807) is 12.1 Å². The Morgan fingerprint density at radius 2 is 2.00 bits per heavy atom. The fourth-order valence-corrected chi connectivity index (χ4v) is 1.29. The topological polar surface area (TPSA) is 81.8 Å². The first-order valence-electron chi connectivity index (χ1n) is 5.45. The maximum absolute atomic E-state index is 8.59. The summed E-state index contributed by atoms with van der Waals surface area (Å²) in [7, 11) is 0. The minimum absolute atomic E-state index is 0.272. The largest absolute Gasteiger partial charge is 0.396 e. The van der Waals surface area contributed by atoms with Gasteiger partial charge in [-0.3, -0.25) is 0 Å². The number of aliphatic hydroxyl groups is 1. The van der Waals surface area contributed by atoms with Crippen LogP contribution in [0.1, 0.15) is 31.4 Å². The van der Waals surface area contributed by atoms with E-state index in [0.717, 1.165) is 32.2 Å². The molecule has 5 heteroatoms. The number of hydrogen-bond donors (Lipinski definition) is 2. The summed E-state index contributed by atoms with van der Waals surface area (Å²) in [5, 5.41) is 27.8. The first-order valence-corrected chi connectivity index (χ1v) is 5.45. The highest BCUT2D eigenvalue weighted by Gasteiger charge is 1.95. The van der Waals surface area contributed by atoms with Crippen molar-refractivity contribution in [1.29, 1.82) is 5.26 Å². The third-order valence-electron chi connectivity index (χ3n) is 2.17. The highest BCUT2D eigenvalue weighted by Crippen LogP contribution is 2.03. The van der Waals surface area contributed by atoms with Gasteiger partial charge in [-0.1, -0.05) is 12.8 Å². The fraction of sp³-hybridized carbons (Fsp3) is 0.545. The molecular formula is C11H16N4O. The Labute approximate surface area is 95.1 Å². The zero-order chi connectivity index (χ0) is 11.6. The number of nitrogens with one attached hydrogen (secondary N) is 1. The standard InChI is InChI=1S/C11H16N4O/c12-9-10-5-6-11(15-14-10)13-7-3-1-2-4-8-16/h5-6,16H,1-4,7-8H2,(H,13,15). The minimum atomic E-state index is 0.272.